The Hall–Kier alpha value is -1.77. The van der Waals surface area contributed by atoms with Crippen LogP contribution >= 0.6 is 11.3 Å². The smallest absolute Gasteiger partial charge is 0.240 e. The van der Waals surface area contributed by atoms with E-state index in [-0.39, 0.29) is 17.2 Å². The number of carbonyl (C=O) groups excluding carboxylic acids is 1. The van der Waals surface area contributed by atoms with Crippen LogP contribution in [-0.2, 0) is 27.7 Å². The largest absolute Gasteiger partial charge is 0.326 e. The maximum Gasteiger partial charge on any atom is 0.240 e. The summed E-state index contributed by atoms with van der Waals surface area (Å²) < 4.78 is 27.0. The highest BCUT2D eigenvalue weighted by molar-refractivity contribution is 7.89. The zero-order valence-electron chi connectivity index (χ0n) is 11.0. The van der Waals surface area contributed by atoms with Crippen LogP contribution in [0.3, 0.4) is 0 Å². The molecule has 8 heteroatoms. The lowest BCUT2D eigenvalue weighted by Crippen LogP contribution is -2.26. The van der Waals surface area contributed by atoms with Crippen molar-refractivity contribution in [2.24, 2.45) is 0 Å². The van der Waals surface area contributed by atoms with Gasteiger partial charge in [0.15, 0.2) is 0 Å². The molecule has 0 radical (unpaired) electrons. The molecule has 3 rings (SSSR count). The second-order valence-electron chi connectivity index (χ2n) is 4.62. The minimum Gasteiger partial charge on any atom is -0.326 e. The number of hydrogen-bond donors (Lipinski definition) is 2. The predicted octanol–water partition coefficient (Wildman–Crippen LogP) is 1.16. The van der Waals surface area contributed by atoms with Gasteiger partial charge in [-0.15, -0.1) is 11.3 Å². The summed E-state index contributed by atoms with van der Waals surface area (Å²) in [6, 6.07) is 4.66. The summed E-state index contributed by atoms with van der Waals surface area (Å²) in [5.74, 6) is -0.115. The fraction of sp³-hybridized carbons (Fsp3) is 0.231. The molecule has 2 heterocycles. The zero-order chi connectivity index (χ0) is 14.9. The fourth-order valence-electron chi connectivity index (χ4n) is 2.12. The van der Waals surface area contributed by atoms with E-state index in [1.165, 1.54) is 17.4 Å². The number of nitrogens with zero attached hydrogens (tertiary/aromatic N) is 1. The van der Waals surface area contributed by atoms with Gasteiger partial charge in [0.1, 0.15) is 0 Å². The molecular weight excluding hydrogens is 310 g/mol. The van der Waals surface area contributed by atoms with E-state index < -0.39 is 10.0 Å². The first-order valence-electron chi connectivity index (χ1n) is 6.35. The molecule has 6 nitrogen and oxygen atoms in total. The first-order chi connectivity index (χ1) is 10.0. The Kier molecular flexibility index (Phi) is 3.75. The van der Waals surface area contributed by atoms with E-state index in [4.69, 9.17) is 0 Å². The van der Waals surface area contributed by atoms with Gasteiger partial charge < -0.3 is 5.32 Å². The first kappa shape index (κ1) is 14.2. The third-order valence-electron chi connectivity index (χ3n) is 3.13. The van der Waals surface area contributed by atoms with Gasteiger partial charge in [0, 0.05) is 30.2 Å². The first-order valence-corrected chi connectivity index (χ1v) is 8.72. The van der Waals surface area contributed by atoms with Gasteiger partial charge in [-0.3, -0.25) is 4.79 Å². The maximum absolute atomic E-state index is 12.2. The number of anilines is 1. The Balaban J connectivity index is 1.70. The number of thiazole rings is 1. The summed E-state index contributed by atoms with van der Waals surface area (Å²) in [7, 11) is -3.56. The highest BCUT2D eigenvalue weighted by Gasteiger charge is 2.21. The molecule has 1 aromatic heterocycles. The number of aromatic nitrogens is 1. The minimum atomic E-state index is -3.56. The van der Waals surface area contributed by atoms with Crippen LogP contribution in [0, 0.1) is 0 Å². The average molecular weight is 323 g/mol. The number of hydrogen-bond acceptors (Lipinski definition) is 5. The van der Waals surface area contributed by atoms with Crippen molar-refractivity contribution in [3.8, 4) is 0 Å². The van der Waals surface area contributed by atoms with Gasteiger partial charge in [0.05, 0.1) is 16.3 Å². The van der Waals surface area contributed by atoms with Crippen LogP contribution < -0.4 is 10.0 Å². The van der Waals surface area contributed by atoms with E-state index in [2.05, 4.69) is 15.0 Å². The molecule has 1 aliphatic heterocycles. The number of nitrogens with one attached hydrogen (secondary N) is 2. The van der Waals surface area contributed by atoms with Gasteiger partial charge >= 0.3 is 0 Å². The van der Waals surface area contributed by atoms with Crippen molar-refractivity contribution < 1.29 is 13.2 Å². The van der Waals surface area contributed by atoms with Crippen molar-refractivity contribution in [1.29, 1.82) is 0 Å². The van der Waals surface area contributed by atoms with E-state index in [1.807, 2.05) is 5.38 Å². The summed E-state index contributed by atoms with van der Waals surface area (Å²) >= 11 is 1.49. The number of sulfonamides is 1. The van der Waals surface area contributed by atoms with Gasteiger partial charge in [0.2, 0.25) is 15.9 Å². The Morgan fingerprint density at radius 1 is 1.38 bits per heavy atom. The van der Waals surface area contributed by atoms with Crippen molar-refractivity contribution in [3.05, 3.63) is 40.3 Å². The normalized spacial score (nSPS) is 14.0. The minimum absolute atomic E-state index is 0.115. The van der Waals surface area contributed by atoms with Crippen molar-refractivity contribution >= 4 is 33.0 Å². The summed E-state index contributed by atoms with van der Waals surface area (Å²) in [4.78, 5) is 15.6. The van der Waals surface area contributed by atoms with E-state index in [0.717, 1.165) is 5.01 Å². The SMILES string of the molecule is O=C1Cc2cc(S(=O)(=O)NCCc3nccs3)ccc2N1. The summed E-state index contributed by atoms with van der Waals surface area (Å²) in [5.41, 5.74) is 1.39. The summed E-state index contributed by atoms with van der Waals surface area (Å²) in [5, 5.41) is 5.42. The average Bonchev–Trinajstić information content (AvgIpc) is 3.05. The molecule has 0 spiro atoms. The van der Waals surface area contributed by atoms with Crippen LogP contribution in [0.1, 0.15) is 10.6 Å². The molecule has 2 aromatic rings. The van der Waals surface area contributed by atoms with Gasteiger partial charge in [-0.05, 0) is 23.8 Å². The van der Waals surface area contributed by atoms with E-state index in [9.17, 15) is 13.2 Å². The molecule has 21 heavy (non-hydrogen) atoms. The van der Waals surface area contributed by atoms with Gasteiger partial charge in [-0.25, -0.2) is 18.1 Å². The van der Waals surface area contributed by atoms with Crippen molar-refractivity contribution in [3.63, 3.8) is 0 Å². The number of benzene rings is 1. The fourth-order valence-corrected chi connectivity index (χ4v) is 3.83. The molecular formula is C13H13N3O3S2. The van der Waals surface area contributed by atoms with Crippen molar-refractivity contribution in [1.82, 2.24) is 9.71 Å². The van der Waals surface area contributed by atoms with Crippen molar-refractivity contribution in [2.45, 2.75) is 17.7 Å². The monoisotopic (exact) mass is 323 g/mol. The maximum atomic E-state index is 12.2. The Labute approximate surface area is 126 Å². The Morgan fingerprint density at radius 3 is 3.00 bits per heavy atom. The molecule has 1 aromatic carbocycles. The highest BCUT2D eigenvalue weighted by atomic mass is 32.2. The van der Waals surface area contributed by atoms with E-state index >= 15 is 0 Å². The molecule has 0 fully saturated rings. The van der Waals surface area contributed by atoms with Gasteiger partial charge in [-0.1, -0.05) is 0 Å². The lowest BCUT2D eigenvalue weighted by atomic mass is 10.2. The second-order valence-corrected chi connectivity index (χ2v) is 7.36. The number of fused-ring (bicyclic) bond motifs is 1. The molecule has 0 atom stereocenters. The van der Waals surface area contributed by atoms with E-state index in [1.54, 1.807) is 18.3 Å². The van der Waals surface area contributed by atoms with Crippen LogP contribution in [0.2, 0.25) is 0 Å². The number of amides is 1. The third-order valence-corrected chi connectivity index (χ3v) is 5.42. The molecule has 0 unspecified atom stereocenters. The molecule has 0 saturated heterocycles. The molecule has 110 valence electrons. The topological polar surface area (TPSA) is 88.2 Å². The molecule has 0 saturated carbocycles. The predicted molar refractivity (Wildman–Crippen MR) is 79.8 cm³/mol. The number of carbonyl (C=O) groups is 1. The second kappa shape index (κ2) is 5.55. The standard InChI is InChI=1S/C13H13N3O3S2/c17-12-8-9-7-10(1-2-11(9)16-12)21(18,19)15-4-3-13-14-5-6-20-13/h1-2,5-7,15H,3-4,8H2,(H,16,17). The van der Waals surface area contributed by atoms with E-state index in [0.29, 0.717) is 24.2 Å². The summed E-state index contributed by atoms with van der Waals surface area (Å²) in [6.07, 6.45) is 2.47. The van der Waals surface area contributed by atoms with Crippen LogP contribution in [0.15, 0.2) is 34.7 Å². The lowest BCUT2D eigenvalue weighted by molar-refractivity contribution is -0.115. The highest BCUT2D eigenvalue weighted by Crippen LogP contribution is 2.25. The molecule has 1 amide bonds. The van der Waals surface area contributed by atoms with Gasteiger partial charge in [0.25, 0.3) is 0 Å². The quantitative estimate of drug-likeness (QED) is 0.864. The van der Waals surface area contributed by atoms with Crippen LogP contribution in [-0.4, -0.2) is 25.9 Å². The van der Waals surface area contributed by atoms with Crippen LogP contribution in [0.5, 0.6) is 0 Å². The lowest BCUT2D eigenvalue weighted by Gasteiger charge is -2.07. The summed E-state index contributed by atoms with van der Waals surface area (Å²) in [6.45, 7) is 0.296. The molecule has 1 aliphatic rings. The van der Waals surface area contributed by atoms with Crippen molar-refractivity contribution in [2.75, 3.05) is 11.9 Å². The Morgan fingerprint density at radius 2 is 2.24 bits per heavy atom. The molecule has 0 aliphatic carbocycles. The Bertz CT molecular complexity index is 770. The number of rotatable bonds is 5. The van der Waals surface area contributed by atoms with Crippen LogP contribution in [0.4, 0.5) is 5.69 Å². The molecule has 2 N–H and O–H groups in total. The van der Waals surface area contributed by atoms with Crippen LogP contribution in [0.25, 0.3) is 0 Å². The molecule has 0 bridgehead atoms. The van der Waals surface area contributed by atoms with Gasteiger partial charge in [-0.2, -0.15) is 0 Å². The zero-order valence-corrected chi connectivity index (χ0v) is 12.6. The third kappa shape index (κ3) is 3.12.